The van der Waals surface area contributed by atoms with Crippen molar-refractivity contribution in [2.75, 3.05) is 11.9 Å². The molecular formula is C10H13NO2S. The van der Waals surface area contributed by atoms with Crippen LogP contribution >= 0.6 is 0 Å². The molecule has 76 valence electrons. The average Bonchev–Trinajstić information content (AvgIpc) is 2.16. The fraction of sp³-hybridized carbons (Fsp3) is 0.300. The summed E-state index contributed by atoms with van der Waals surface area (Å²) < 4.78 is 20.6. The number of rotatable bonds is 4. The highest BCUT2D eigenvalue weighted by Crippen LogP contribution is 2.09. The molecule has 0 spiro atoms. The smallest absolute Gasteiger partial charge is 0.210 e. The van der Waals surface area contributed by atoms with Crippen LogP contribution in [0.4, 0.5) is 5.69 Å². The van der Waals surface area contributed by atoms with Crippen LogP contribution in [0.5, 0.6) is 0 Å². The van der Waals surface area contributed by atoms with E-state index in [0.29, 0.717) is 6.42 Å². The predicted octanol–water partition coefficient (Wildman–Crippen LogP) is 1.34. The van der Waals surface area contributed by atoms with Crippen LogP contribution < -0.4 is 5.32 Å². The molecule has 0 aliphatic carbocycles. The molecule has 14 heavy (non-hydrogen) atoms. The van der Waals surface area contributed by atoms with Gasteiger partial charge in [-0.05, 0) is 24.6 Å². The first-order valence-electron chi connectivity index (χ1n) is 4.46. The van der Waals surface area contributed by atoms with Gasteiger partial charge in [0.15, 0.2) is 0 Å². The Bertz CT molecular complexity index is 416. The summed E-state index contributed by atoms with van der Waals surface area (Å²) in [5, 5.41) is 4.42. The largest absolute Gasteiger partial charge is 0.385 e. The highest BCUT2D eigenvalue weighted by molar-refractivity contribution is 7.71. The summed E-state index contributed by atoms with van der Waals surface area (Å²) >= 11 is 0. The first-order chi connectivity index (χ1) is 6.72. The normalized spacial score (nSPS) is 9.50. The van der Waals surface area contributed by atoms with E-state index in [1.165, 1.54) is 5.37 Å². The van der Waals surface area contributed by atoms with Crippen LogP contribution in [-0.2, 0) is 16.7 Å². The van der Waals surface area contributed by atoms with Crippen LogP contribution in [0.2, 0.25) is 0 Å². The maximum atomic E-state index is 10.3. The lowest BCUT2D eigenvalue weighted by Crippen LogP contribution is -1.97. The standard InChI is InChI=1S/C10H13NO2S/c1-2-11-10-5-3-4-9(8-10)6-7-14(12)13/h3-5,7-8,11H,2,6H2,1H3. The zero-order chi connectivity index (χ0) is 10.4. The lowest BCUT2D eigenvalue weighted by molar-refractivity contribution is 0.627. The summed E-state index contributed by atoms with van der Waals surface area (Å²) in [4.78, 5) is 0. The molecule has 0 aliphatic rings. The summed E-state index contributed by atoms with van der Waals surface area (Å²) in [5.41, 5.74) is 2.02. The van der Waals surface area contributed by atoms with Gasteiger partial charge in [0, 0.05) is 24.0 Å². The Balaban J connectivity index is 2.78. The molecular weight excluding hydrogens is 198 g/mol. The average molecular weight is 211 g/mol. The van der Waals surface area contributed by atoms with Crippen molar-refractivity contribution in [3.63, 3.8) is 0 Å². The van der Waals surface area contributed by atoms with Gasteiger partial charge in [-0.3, -0.25) is 0 Å². The second kappa shape index (κ2) is 5.44. The summed E-state index contributed by atoms with van der Waals surface area (Å²) in [6.45, 7) is 2.88. The molecule has 0 saturated carbocycles. The summed E-state index contributed by atoms with van der Waals surface area (Å²) in [6, 6.07) is 7.73. The van der Waals surface area contributed by atoms with Gasteiger partial charge in [-0.25, -0.2) is 0 Å². The zero-order valence-electron chi connectivity index (χ0n) is 8.03. The maximum Gasteiger partial charge on any atom is 0.210 e. The number of anilines is 1. The van der Waals surface area contributed by atoms with E-state index < -0.39 is 10.3 Å². The molecule has 0 radical (unpaired) electrons. The minimum atomic E-state index is -2.07. The highest BCUT2D eigenvalue weighted by Gasteiger charge is 1.93. The molecule has 0 aromatic heterocycles. The van der Waals surface area contributed by atoms with Crippen molar-refractivity contribution in [3.05, 3.63) is 29.8 Å². The van der Waals surface area contributed by atoms with E-state index in [1.54, 1.807) is 0 Å². The molecule has 0 atom stereocenters. The number of hydrogen-bond acceptors (Lipinski definition) is 3. The van der Waals surface area contributed by atoms with E-state index in [2.05, 4.69) is 5.32 Å². The highest BCUT2D eigenvalue weighted by atomic mass is 32.2. The van der Waals surface area contributed by atoms with Crippen molar-refractivity contribution in [2.45, 2.75) is 13.3 Å². The Morgan fingerprint density at radius 2 is 2.21 bits per heavy atom. The molecule has 0 bridgehead atoms. The minimum absolute atomic E-state index is 0.454. The van der Waals surface area contributed by atoms with Crippen molar-refractivity contribution in [1.82, 2.24) is 0 Å². The van der Waals surface area contributed by atoms with Crippen LogP contribution in [0.15, 0.2) is 24.3 Å². The van der Waals surface area contributed by atoms with Gasteiger partial charge in [-0.1, -0.05) is 12.1 Å². The first kappa shape index (κ1) is 10.8. The van der Waals surface area contributed by atoms with Gasteiger partial charge >= 0.3 is 0 Å². The first-order valence-corrected chi connectivity index (χ1v) is 5.60. The molecule has 0 fully saturated rings. The molecule has 3 nitrogen and oxygen atoms in total. The summed E-state index contributed by atoms with van der Waals surface area (Å²) in [6.07, 6.45) is 0.454. The molecule has 0 saturated heterocycles. The van der Waals surface area contributed by atoms with E-state index in [0.717, 1.165) is 17.8 Å². The molecule has 4 heteroatoms. The van der Waals surface area contributed by atoms with Gasteiger partial charge in [0.25, 0.3) is 0 Å². The second-order valence-corrected chi connectivity index (χ2v) is 3.72. The monoisotopic (exact) mass is 211 g/mol. The van der Waals surface area contributed by atoms with E-state index in [4.69, 9.17) is 0 Å². The zero-order valence-corrected chi connectivity index (χ0v) is 8.84. The third-order valence-corrected chi connectivity index (χ3v) is 2.20. The van der Waals surface area contributed by atoms with E-state index in [1.807, 2.05) is 31.2 Å². The van der Waals surface area contributed by atoms with Gasteiger partial charge in [0.2, 0.25) is 10.3 Å². The molecule has 1 aromatic carbocycles. The Labute approximate surface area is 85.3 Å². The number of benzene rings is 1. The summed E-state index contributed by atoms with van der Waals surface area (Å²) in [5.74, 6) is 0. The predicted molar refractivity (Wildman–Crippen MR) is 59.3 cm³/mol. The number of hydrogen-bond donors (Lipinski definition) is 1. The van der Waals surface area contributed by atoms with Crippen LogP contribution in [0.3, 0.4) is 0 Å². The van der Waals surface area contributed by atoms with Gasteiger partial charge < -0.3 is 5.32 Å². The van der Waals surface area contributed by atoms with Crippen LogP contribution in [-0.4, -0.2) is 20.3 Å². The van der Waals surface area contributed by atoms with Crippen molar-refractivity contribution >= 4 is 21.3 Å². The third kappa shape index (κ3) is 3.62. The van der Waals surface area contributed by atoms with Crippen LogP contribution in [0.25, 0.3) is 0 Å². The maximum absolute atomic E-state index is 10.3. The van der Waals surface area contributed by atoms with Gasteiger partial charge in [-0.2, -0.15) is 8.42 Å². The molecule has 0 aliphatic heterocycles. The van der Waals surface area contributed by atoms with Crippen molar-refractivity contribution in [3.8, 4) is 0 Å². The summed E-state index contributed by atoms with van der Waals surface area (Å²) in [7, 11) is -2.07. The lowest BCUT2D eigenvalue weighted by Gasteiger charge is -2.03. The van der Waals surface area contributed by atoms with E-state index in [-0.39, 0.29) is 0 Å². The van der Waals surface area contributed by atoms with E-state index in [9.17, 15) is 8.42 Å². The fourth-order valence-corrected chi connectivity index (χ4v) is 1.51. The SMILES string of the molecule is CCNc1cccc(CC=S(=O)=O)c1. The Morgan fingerprint density at radius 1 is 1.43 bits per heavy atom. The molecule has 1 aromatic rings. The number of nitrogens with one attached hydrogen (secondary N) is 1. The Kier molecular flexibility index (Phi) is 4.19. The molecule has 0 amide bonds. The third-order valence-electron chi connectivity index (χ3n) is 1.76. The molecule has 1 rings (SSSR count). The molecule has 0 heterocycles. The molecule has 0 unspecified atom stereocenters. The van der Waals surface area contributed by atoms with Gasteiger partial charge in [0.05, 0.1) is 0 Å². The Hall–Kier alpha value is -1.29. The Morgan fingerprint density at radius 3 is 2.86 bits per heavy atom. The minimum Gasteiger partial charge on any atom is -0.385 e. The fourth-order valence-electron chi connectivity index (χ4n) is 1.18. The quantitative estimate of drug-likeness (QED) is 0.764. The van der Waals surface area contributed by atoms with Crippen LogP contribution in [0.1, 0.15) is 12.5 Å². The van der Waals surface area contributed by atoms with Gasteiger partial charge in [-0.15, -0.1) is 0 Å². The molecule has 1 N–H and O–H groups in total. The second-order valence-electron chi connectivity index (χ2n) is 2.86. The lowest BCUT2D eigenvalue weighted by atomic mass is 10.1. The van der Waals surface area contributed by atoms with Gasteiger partial charge in [0.1, 0.15) is 0 Å². The van der Waals surface area contributed by atoms with Crippen molar-refractivity contribution < 1.29 is 8.42 Å². The van der Waals surface area contributed by atoms with Crippen molar-refractivity contribution in [1.29, 1.82) is 0 Å². The topological polar surface area (TPSA) is 46.2 Å². The van der Waals surface area contributed by atoms with Crippen LogP contribution in [0, 0.1) is 0 Å². The van der Waals surface area contributed by atoms with E-state index >= 15 is 0 Å². The van der Waals surface area contributed by atoms with Crippen molar-refractivity contribution in [2.24, 2.45) is 0 Å².